The van der Waals surface area contributed by atoms with Gasteiger partial charge in [0, 0.05) is 17.7 Å². The molecule has 1 atom stereocenters. The molecule has 0 radical (unpaired) electrons. The van der Waals surface area contributed by atoms with Crippen molar-refractivity contribution in [1.29, 1.82) is 0 Å². The van der Waals surface area contributed by atoms with E-state index >= 15 is 0 Å². The molecule has 0 spiro atoms. The zero-order chi connectivity index (χ0) is 15.9. The summed E-state index contributed by atoms with van der Waals surface area (Å²) >= 11 is 2.97. The van der Waals surface area contributed by atoms with Gasteiger partial charge in [-0.05, 0) is 31.2 Å². The van der Waals surface area contributed by atoms with E-state index in [1.165, 1.54) is 23.1 Å². The second-order valence-electron chi connectivity index (χ2n) is 4.66. The topological polar surface area (TPSA) is 72.3 Å². The third kappa shape index (κ3) is 5.08. The monoisotopic (exact) mass is 338 g/mol. The summed E-state index contributed by atoms with van der Waals surface area (Å²) in [6.07, 6.45) is -0.104. The van der Waals surface area contributed by atoms with Crippen molar-refractivity contribution < 1.29 is 14.6 Å². The van der Waals surface area contributed by atoms with E-state index in [0.29, 0.717) is 23.5 Å². The van der Waals surface area contributed by atoms with E-state index in [9.17, 15) is 9.90 Å². The van der Waals surface area contributed by atoms with Crippen LogP contribution in [0.1, 0.15) is 28.7 Å². The second kappa shape index (κ2) is 8.26. The molecule has 7 heteroatoms. The summed E-state index contributed by atoms with van der Waals surface area (Å²) in [5.41, 5.74) is 0.678. The lowest BCUT2D eigenvalue weighted by atomic mass is 10.1. The Bertz CT molecular complexity index is 614. The van der Waals surface area contributed by atoms with Crippen molar-refractivity contribution in [1.82, 2.24) is 10.2 Å². The minimum absolute atomic E-state index is 0.107. The number of thioether (sulfide) groups is 1. The molecule has 1 unspecified atom stereocenters. The molecular weight excluding hydrogens is 320 g/mol. The number of ether oxygens (including phenoxy) is 1. The number of aliphatic hydroxyl groups is 1. The summed E-state index contributed by atoms with van der Waals surface area (Å²) in [6.45, 7) is 3.93. The molecule has 0 bridgehead atoms. The standard InChI is InChI=1S/C15H18N2O3S2/c1-3-14(19)11-4-6-13(7-5-11)20-8-12(18)9-21-15-17-16-10(2)22-15/h4-7,12,18H,3,8-9H2,1-2H3. The highest BCUT2D eigenvalue weighted by atomic mass is 32.2. The third-order valence-electron chi connectivity index (χ3n) is 2.85. The molecule has 0 aliphatic carbocycles. The van der Waals surface area contributed by atoms with Crippen LogP contribution in [0.2, 0.25) is 0 Å². The van der Waals surface area contributed by atoms with E-state index in [1.807, 2.05) is 13.8 Å². The summed E-state index contributed by atoms with van der Waals surface area (Å²) < 4.78 is 6.37. The summed E-state index contributed by atoms with van der Waals surface area (Å²) in [5.74, 6) is 1.25. The first kappa shape index (κ1) is 16.9. The maximum absolute atomic E-state index is 11.5. The van der Waals surface area contributed by atoms with Crippen LogP contribution < -0.4 is 4.74 Å². The van der Waals surface area contributed by atoms with Gasteiger partial charge in [-0.3, -0.25) is 4.79 Å². The Kier molecular flexibility index (Phi) is 6.35. The molecule has 118 valence electrons. The van der Waals surface area contributed by atoms with E-state index in [4.69, 9.17) is 4.74 Å². The molecule has 22 heavy (non-hydrogen) atoms. The molecular formula is C15H18N2O3S2. The Morgan fingerprint density at radius 1 is 1.36 bits per heavy atom. The minimum Gasteiger partial charge on any atom is -0.491 e. The Hall–Kier alpha value is -1.44. The van der Waals surface area contributed by atoms with Crippen LogP contribution in [0.4, 0.5) is 0 Å². The lowest BCUT2D eigenvalue weighted by Crippen LogP contribution is -2.20. The predicted octanol–water partition coefficient (Wildman–Crippen LogP) is 2.97. The number of hydrogen-bond acceptors (Lipinski definition) is 7. The Morgan fingerprint density at radius 2 is 2.09 bits per heavy atom. The van der Waals surface area contributed by atoms with Crippen molar-refractivity contribution >= 4 is 28.9 Å². The summed E-state index contributed by atoms with van der Waals surface area (Å²) in [5, 5.41) is 18.7. The average molecular weight is 338 g/mol. The molecule has 1 N–H and O–H groups in total. The summed E-state index contributed by atoms with van der Waals surface area (Å²) in [7, 11) is 0. The van der Waals surface area contributed by atoms with E-state index < -0.39 is 6.10 Å². The molecule has 0 fully saturated rings. The molecule has 0 aliphatic rings. The average Bonchev–Trinajstić information content (AvgIpc) is 2.96. The number of carbonyl (C=O) groups excluding carboxylic acids is 1. The number of aliphatic hydroxyl groups excluding tert-OH is 1. The Morgan fingerprint density at radius 3 is 2.68 bits per heavy atom. The van der Waals surface area contributed by atoms with Crippen LogP contribution in [-0.2, 0) is 0 Å². The van der Waals surface area contributed by atoms with Crippen molar-refractivity contribution in [3.8, 4) is 5.75 Å². The fourth-order valence-electron chi connectivity index (χ4n) is 1.69. The van der Waals surface area contributed by atoms with Gasteiger partial charge in [-0.15, -0.1) is 10.2 Å². The largest absolute Gasteiger partial charge is 0.491 e. The fourth-order valence-corrected chi connectivity index (χ4v) is 3.43. The summed E-state index contributed by atoms with van der Waals surface area (Å²) in [4.78, 5) is 11.5. The number of aryl methyl sites for hydroxylation is 1. The number of aromatic nitrogens is 2. The lowest BCUT2D eigenvalue weighted by molar-refractivity contribution is 0.0987. The molecule has 0 saturated heterocycles. The van der Waals surface area contributed by atoms with Crippen LogP contribution >= 0.6 is 23.1 Å². The van der Waals surface area contributed by atoms with E-state index in [2.05, 4.69) is 10.2 Å². The van der Waals surface area contributed by atoms with Crippen molar-refractivity contribution in [2.24, 2.45) is 0 Å². The number of benzene rings is 1. The quantitative estimate of drug-likeness (QED) is 0.589. The second-order valence-corrected chi connectivity index (χ2v) is 7.11. The van der Waals surface area contributed by atoms with Gasteiger partial charge in [0.05, 0.1) is 6.10 Å². The highest BCUT2D eigenvalue weighted by molar-refractivity contribution is 8.01. The molecule has 0 amide bonds. The van der Waals surface area contributed by atoms with Crippen LogP contribution in [0.3, 0.4) is 0 Å². The normalized spacial score (nSPS) is 12.1. The zero-order valence-corrected chi connectivity index (χ0v) is 14.1. The van der Waals surface area contributed by atoms with Gasteiger partial charge in [-0.25, -0.2) is 0 Å². The van der Waals surface area contributed by atoms with Gasteiger partial charge in [0.1, 0.15) is 17.4 Å². The van der Waals surface area contributed by atoms with Gasteiger partial charge in [-0.1, -0.05) is 30.0 Å². The molecule has 0 aliphatic heterocycles. The fraction of sp³-hybridized carbons (Fsp3) is 0.400. The van der Waals surface area contributed by atoms with E-state index in [0.717, 1.165) is 9.35 Å². The molecule has 1 aromatic heterocycles. The first-order valence-electron chi connectivity index (χ1n) is 6.95. The lowest BCUT2D eigenvalue weighted by Gasteiger charge is -2.11. The first-order chi connectivity index (χ1) is 10.6. The van der Waals surface area contributed by atoms with Gasteiger partial charge in [0.25, 0.3) is 0 Å². The first-order valence-corrected chi connectivity index (χ1v) is 8.75. The molecule has 0 saturated carbocycles. The Labute approximate surface area is 137 Å². The molecule has 1 aromatic carbocycles. The summed E-state index contributed by atoms with van der Waals surface area (Å²) in [6, 6.07) is 6.98. The SMILES string of the molecule is CCC(=O)c1ccc(OCC(O)CSc2nnc(C)s2)cc1. The van der Waals surface area contributed by atoms with Gasteiger partial charge in [0.15, 0.2) is 10.1 Å². The van der Waals surface area contributed by atoms with E-state index in [1.54, 1.807) is 24.3 Å². The van der Waals surface area contributed by atoms with Gasteiger partial charge in [-0.2, -0.15) is 0 Å². The van der Waals surface area contributed by atoms with Crippen LogP contribution in [0.25, 0.3) is 0 Å². The van der Waals surface area contributed by atoms with Crippen LogP contribution in [-0.4, -0.2) is 39.6 Å². The number of ketones is 1. The maximum atomic E-state index is 11.5. The van der Waals surface area contributed by atoms with Crippen molar-refractivity contribution in [3.05, 3.63) is 34.8 Å². The van der Waals surface area contributed by atoms with Crippen LogP contribution in [0.5, 0.6) is 5.75 Å². The third-order valence-corrected chi connectivity index (χ3v) is 4.96. The number of Topliss-reactive ketones (excluding diaryl/α,β-unsaturated/α-hetero) is 1. The van der Waals surface area contributed by atoms with E-state index in [-0.39, 0.29) is 12.4 Å². The molecule has 2 aromatic rings. The predicted molar refractivity (Wildman–Crippen MR) is 87.9 cm³/mol. The zero-order valence-electron chi connectivity index (χ0n) is 12.5. The number of hydrogen-bond donors (Lipinski definition) is 1. The maximum Gasteiger partial charge on any atom is 0.174 e. The molecule has 5 nitrogen and oxygen atoms in total. The minimum atomic E-state index is -0.592. The highest BCUT2D eigenvalue weighted by Crippen LogP contribution is 2.22. The van der Waals surface area contributed by atoms with Gasteiger partial charge >= 0.3 is 0 Å². The van der Waals surface area contributed by atoms with Gasteiger partial charge in [0.2, 0.25) is 0 Å². The Balaban J connectivity index is 1.76. The van der Waals surface area contributed by atoms with Crippen LogP contribution in [0.15, 0.2) is 28.6 Å². The molecule has 2 rings (SSSR count). The van der Waals surface area contributed by atoms with Crippen molar-refractivity contribution in [2.75, 3.05) is 12.4 Å². The molecule has 1 heterocycles. The van der Waals surface area contributed by atoms with Crippen molar-refractivity contribution in [3.63, 3.8) is 0 Å². The van der Waals surface area contributed by atoms with Crippen LogP contribution in [0, 0.1) is 6.92 Å². The van der Waals surface area contributed by atoms with Gasteiger partial charge < -0.3 is 9.84 Å². The highest BCUT2D eigenvalue weighted by Gasteiger charge is 2.09. The number of rotatable bonds is 8. The van der Waals surface area contributed by atoms with Crippen molar-refractivity contribution in [2.45, 2.75) is 30.7 Å². The number of carbonyl (C=O) groups is 1. The smallest absolute Gasteiger partial charge is 0.174 e. The number of nitrogens with zero attached hydrogens (tertiary/aromatic N) is 2.